The third kappa shape index (κ3) is 1.42. The molecule has 0 saturated heterocycles. The van der Waals surface area contributed by atoms with Crippen LogP contribution in [-0.4, -0.2) is 14.6 Å². The fraction of sp³-hybridized carbons (Fsp3) is 0. The van der Waals surface area contributed by atoms with Gasteiger partial charge >= 0.3 is 0 Å². The Labute approximate surface area is 104 Å². The summed E-state index contributed by atoms with van der Waals surface area (Å²) in [6.07, 6.45) is 1.83. The lowest BCUT2D eigenvalue weighted by atomic mass is 10.4. The average molecular weight is 295 g/mol. The van der Waals surface area contributed by atoms with Crippen molar-refractivity contribution in [2.45, 2.75) is 0 Å². The Bertz CT molecular complexity index is 658. The van der Waals surface area contributed by atoms with E-state index in [1.807, 2.05) is 34.2 Å². The first-order chi connectivity index (χ1) is 7.75. The van der Waals surface area contributed by atoms with Crippen LogP contribution >= 0.6 is 27.3 Å². The number of hydrogen-bond acceptors (Lipinski definition) is 4. The minimum Gasteiger partial charge on any atom is -0.398 e. The predicted molar refractivity (Wildman–Crippen MR) is 68.4 cm³/mol. The summed E-state index contributed by atoms with van der Waals surface area (Å²) in [5, 5.41) is 10.3. The Balaban J connectivity index is 2.32. The van der Waals surface area contributed by atoms with E-state index in [1.54, 1.807) is 11.3 Å². The molecule has 0 aliphatic heterocycles. The van der Waals surface area contributed by atoms with Gasteiger partial charge in [-0.05, 0) is 39.5 Å². The van der Waals surface area contributed by atoms with Crippen LogP contribution < -0.4 is 5.73 Å². The summed E-state index contributed by atoms with van der Waals surface area (Å²) < 4.78 is 2.92. The molecule has 6 heteroatoms. The van der Waals surface area contributed by atoms with Crippen LogP contribution in [0.15, 0.2) is 34.2 Å². The van der Waals surface area contributed by atoms with Crippen LogP contribution in [0.3, 0.4) is 0 Å². The zero-order valence-electron chi connectivity index (χ0n) is 8.09. The summed E-state index contributed by atoms with van der Waals surface area (Å²) in [5.74, 6) is 0.809. The summed E-state index contributed by atoms with van der Waals surface area (Å²) >= 11 is 5.11. The van der Waals surface area contributed by atoms with Gasteiger partial charge < -0.3 is 5.73 Å². The van der Waals surface area contributed by atoms with Crippen LogP contribution in [0.1, 0.15) is 0 Å². The molecular weight excluding hydrogens is 288 g/mol. The number of hydrogen-bond donors (Lipinski definition) is 1. The summed E-state index contributed by atoms with van der Waals surface area (Å²) in [6, 6.07) is 5.66. The molecule has 0 atom stereocenters. The van der Waals surface area contributed by atoms with Gasteiger partial charge in [0.05, 0.1) is 4.88 Å². The van der Waals surface area contributed by atoms with Gasteiger partial charge in [0.15, 0.2) is 11.5 Å². The minimum atomic E-state index is 0.696. The Morgan fingerprint density at radius 3 is 2.88 bits per heavy atom. The highest BCUT2D eigenvalue weighted by molar-refractivity contribution is 9.10. The van der Waals surface area contributed by atoms with E-state index in [0.29, 0.717) is 5.69 Å². The Morgan fingerprint density at radius 2 is 2.12 bits per heavy atom. The number of anilines is 1. The second-order valence-electron chi connectivity index (χ2n) is 3.31. The van der Waals surface area contributed by atoms with E-state index in [1.165, 1.54) is 0 Å². The molecule has 2 N–H and O–H groups in total. The van der Waals surface area contributed by atoms with Crippen molar-refractivity contribution in [3.05, 3.63) is 34.2 Å². The van der Waals surface area contributed by atoms with Crippen LogP contribution in [0.2, 0.25) is 0 Å². The second kappa shape index (κ2) is 3.57. The first-order valence-electron chi connectivity index (χ1n) is 4.59. The van der Waals surface area contributed by atoms with E-state index in [9.17, 15) is 0 Å². The third-order valence-corrected chi connectivity index (χ3v) is 4.08. The maximum absolute atomic E-state index is 5.76. The zero-order chi connectivity index (χ0) is 11.1. The number of nitrogens with zero attached hydrogens (tertiary/aromatic N) is 3. The molecule has 0 amide bonds. The van der Waals surface area contributed by atoms with Crippen LogP contribution in [0, 0.1) is 0 Å². The van der Waals surface area contributed by atoms with E-state index in [4.69, 9.17) is 5.73 Å². The highest BCUT2D eigenvalue weighted by atomic mass is 79.9. The van der Waals surface area contributed by atoms with Crippen LogP contribution in [0.25, 0.3) is 16.3 Å². The molecule has 0 aromatic carbocycles. The van der Waals surface area contributed by atoms with Crippen molar-refractivity contribution in [3.63, 3.8) is 0 Å². The molecule has 0 radical (unpaired) electrons. The molecule has 3 heterocycles. The standard InChI is InChI=1S/C10H7BrN4S/c11-7-3-4-16-9(7)10-14-13-8-2-1-6(12)5-15(8)10/h1-5H,12H2. The average Bonchev–Trinajstić information content (AvgIpc) is 2.83. The van der Waals surface area contributed by atoms with Crippen molar-refractivity contribution in [2.24, 2.45) is 0 Å². The van der Waals surface area contributed by atoms with Gasteiger partial charge in [-0.25, -0.2) is 0 Å². The molecule has 4 nitrogen and oxygen atoms in total. The highest BCUT2D eigenvalue weighted by Gasteiger charge is 2.12. The van der Waals surface area contributed by atoms with E-state index in [0.717, 1.165) is 20.8 Å². The first-order valence-corrected chi connectivity index (χ1v) is 6.26. The normalized spacial score (nSPS) is 11.1. The molecule has 3 rings (SSSR count). The van der Waals surface area contributed by atoms with Gasteiger partial charge in [0.1, 0.15) is 0 Å². The molecule has 80 valence electrons. The Hall–Kier alpha value is -1.40. The molecule has 0 saturated carbocycles. The van der Waals surface area contributed by atoms with Crippen molar-refractivity contribution < 1.29 is 0 Å². The van der Waals surface area contributed by atoms with Gasteiger partial charge in [-0.1, -0.05) is 0 Å². The number of rotatable bonds is 1. The molecule has 0 fully saturated rings. The Morgan fingerprint density at radius 1 is 1.25 bits per heavy atom. The lowest BCUT2D eigenvalue weighted by molar-refractivity contribution is 1.12. The lowest BCUT2D eigenvalue weighted by Gasteiger charge is -1.99. The van der Waals surface area contributed by atoms with Crippen LogP contribution in [0.4, 0.5) is 5.69 Å². The Kier molecular flexibility index (Phi) is 2.19. The predicted octanol–water partition coefficient (Wildman–Crippen LogP) is 2.80. The van der Waals surface area contributed by atoms with E-state index in [2.05, 4.69) is 26.1 Å². The second-order valence-corrected chi connectivity index (χ2v) is 5.08. The number of halogens is 1. The van der Waals surface area contributed by atoms with Crippen molar-refractivity contribution in [2.75, 3.05) is 5.73 Å². The minimum absolute atomic E-state index is 0.696. The molecule has 0 bridgehead atoms. The largest absolute Gasteiger partial charge is 0.398 e. The van der Waals surface area contributed by atoms with Gasteiger partial charge in [-0.15, -0.1) is 21.5 Å². The van der Waals surface area contributed by atoms with Gasteiger partial charge in [0.25, 0.3) is 0 Å². The molecule has 3 aromatic heterocycles. The van der Waals surface area contributed by atoms with Gasteiger partial charge in [0, 0.05) is 16.4 Å². The van der Waals surface area contributed by atoms with Crippen molar-refractivity contribution in [1.29, 1.82) is 0 Å². The number of nitrogen functional groups attached to an aromatic ring is 1. The molecule has 3 aromatic rings. The number of pyridine rings is 1. The van der Waals surface area contributed by atoms with E-state index in [-0.39, 0.29) is 0 Å². The number of nitrogens with two attached hydrogens (primary N) is 1. The number of thiophene rings is 1. The summed E-state index contributed by atoms with van der Waals surface area (Å²) in [4.78, 5) is 1.05. The fourth-order valence-corrected chi connectivity index (χ4v) is 3.05. The van der Waals surface area contributed by atoms with E-state index < -0.39 is 0 Å². The van der Waals surface area contributed by atoms with Gasteiger partial charge in [0.2, 0.25) is 0 Å². The molecular formula is C10H7BrN4S. The number of aromatic nitrogens is 3. The molecule has 0 unspecified atom stereocenters. The fourth-order valence-electron chi connectivity index (χ4n) is 1.52. The van der Waals surface area contributed by atoms with Crippen molar-refractivity contribution >= 4 is 38.6 Å². The third-order valence-electron chi connectivity index (χ3n) is 2.25. The van der Waals surface area contributed by atoms with Crippen LogP contribution in [0.5, 0.6) is 0 Å². The van der Waals surface area contributed by atoms with Gasteiger partial charge in [-0.2, -0.15) is 0 Å². The quantitative estimate of drug-likeness (QED) is 0.751. The number of fused-ring (bicyclic) bond motifs is 1. The van der Waals surface area contributed by atoms with Gasteiger partial charge in [-0.3, -0.25) is 4.40 Å². The summed E-state index contributed by atoms with van der Waals surface area (Å²) in [6.45, 7) is 0. The van der Waals surface area contributed by atoms with Crippen LogP contribution in [-0.2, 0) is 0 Å². The maximum atomic E-state index is 5.76. The molecule has 0 aliphatic rings. The zero-order valence-corrected chi connectivity index (χ0v) is 10.5. The molecule has 0 aliphatic carbocycles. The smallest absolute Gasteiger partial charge is 0.179 e. The lowest BCUT2D eigenvalue weighted by Crippen LogP contribution is -1.92. The first kappa shape index (κ1) is 9.80. The molecule has 0 spiro atoms. The topological polar surface area (TPSA) is 56.2 Å². The molecule has 16 heavy (non-hydrogen) atoms. The maximum Gasteiger partial charge on any atom is 0.179 e. The van der Waals surface area contributed by atoms with E-state index >= 15 is 0 Å². The summed E-state index contributed by atoms with van der Waals surface area (Å²) in [7, 11) is 0. The summed E-state index contributed by atoms with van der Waals surface area (Å²) in [5.41, 5.74) is 7.25. The SMILES string of the molecule is Nc1ccc2nnc(-c3sccc3Br)n2c1. The highest BCUT2D eigenvalue weighted by Crippen LogP contribution is 2.32. The van der Waals surface area contributed by atoms with Crippen molar-refractivity contribution in [1.82, 2.24) is 14.6 Å². The van der Waals surface area contributed by atoms with Crippen molar-refractivity contribution in [3.8, 4) is 10.7 Å². The monoisotopic (exact) mass is 294 g/mol.